The van der Waals surface area contributed by atoms with Crippen molar-refractivity contribution in [2.45, 2.75) is 18.7 Å². The van der Waals surface area contributed by atoms with E-state index in [-0.39, 0.29) is 6.61 Å². The highest BCUT2D eigenvalue weighted by molar-refractivity contribution is 7.98. The van der Waals surface area contributed by atoms with Crippen LogP contribution < -0.4 is 5.32 Å². The topological polar surface area (TPSA) is 73.2 Å². The maximum Gasteiger partial charge on any atom is 0.338 e. The van der Waals surface area contributed by atoms with Crippen molar-refractivity contribution in [1.29, 1.82) is 0 Å². The summed E-state index contributed by atoms with van der Waals surface area (Å²) in [4.78, 5) is 25.3. The third-order valence-electron chi connectivity index (χ3n) is 4.24. The van der Waals surface area contributed by atoms with E-state index in [0.29, 0.717) is 16.3 Å². The summed E-state index contributed by atoms with van der Waals surface area (Å²) in [6.07, 6.45) is 1.96. The van der Waals surface area contributed by atoms with Gasteiger partial charge in [0.1, 0.15) is 0 Å². The van der Waals surface area contributed by atoms with Gasteiger partial charge in [-0.2, -0.15) is 5.10 Å². The summed E-state index contributed by atoms with van der Waals surface area (Å²) in [7, 11) is 0. The molecule has 0 radical (unpaired) electrons. The van der Waals surface area contributed by atoms with E-state index in [0.717, 1.165) is 22.0 Å². The minimum atomic E-state index is -0.573. The van der Waals surface area contributed by atoms with Crippen LogP contribution in [0.25, 0.3) is 5.69 Å². The fraction of sp³-hybridized carbons (Fsp3) is 0.190. The number of carbonyl (C=O) groups is 2. The molecule has 0 aliphatic rings. The van der Waals surface area contributed by atoms with E-state index in [1.165, 1.54) is 0 Å². The van der Waals surface area contributed by atoms with E-state index >= 15 is 0 Å². The van der Waals surface area contributed by atoms with Gasteiger partial charge in [-0.25, -0.2) is 9.48 Å². The van der Waals surface area contributed by atoms with Gasteiger partial charge >= 0.3 is 5.97 Å². The van der Waals surface area contributed by atoms with E-state index in [1.54, 1.807) is 46.8 Å². The number of esters is 1. The van der Waals surface area contributed by atoms with Gasteiger partial charge in [-0.15, -0.1) is 11.8 Å². The monoisotopic (exact) mass is 429 g/mol. The zero-order valence-corrected chi connectivity index (χ0v) is 17.8. The fourth-order valence-electron chi connectivity index (χ4n) is 2.73. The molecule has 2 aromatic carbocycles. The molecule has 8 heteroatoms. The number of aryl methyl sites for hydroxylation is 1. The molecule has 1 amide bonds. The lowest BCUT2D eigenvalue weighted by Gasteiger charge is -2.08. The van der Waals surface area contributed by atoms with Crippen molar-refractivity contribution in [1.82, 2.24) is 9.78 Å². The molecular formula is C21H20ClN3O3S. The van der Waals surface area contributed by atoms with E-state index in [4.69, 9.17) is 16.3 Å². The Morgan fingerprint density at radius 2 is 1.90 bits per heavy atom. The number of ether oxygens (including phenoxy) is 1. The Bertz CT molecular complexity index is 1050. The summed E-state index contributed by atoms with van der Waals surface area (Å²) in [5.74, 6) is -0.971. The van der Waals surface area contributed by atoms with Crippen molar-refractivity contribution < 1.29 is 14.3 Å². The average Bonchev–Trinajstić information content (AvgIpc) is 2.99. The van der Waals surface area contributed by atoms with Gasteiger partial charge in [-0.05, 0) is 62.6 Å². The molecule has 0 spiro atoms. The summed E-state index contributed by atoms with van der Waals surface area (Å²) in [5.41, 5.74) is 3.34. The Morgan fingerprint density at radius 3 is 2.52 bits per heavy atom. The van der Waals surface area contributed by atoms with E-state index < -0.39 is 11.9 Å². The number of hydrogen-bond acceptors (Lipinski definition) is 5. The molecule has 3 rings (SSSR count). The van der Waals surface area contributed by atoms with Crippen molar-refractivity contribution in [2.24, 2.45) is 0 Å². The number of carbonyl (C=O) groups excluding carboxylic acids is 2. The second-order valence-corrected chi connectivity index (χ2v) is 7.56. The molecule has 0 aliphatic heterocycles. The lowest BCUT2D eigenvalue weighted by molar-refractivity contribution is -0.119. The van der Waals surface area contributed by atoms with Gasteiger partial charge in [0.25, 0.3) is 5.91 Å². The Morgan fingerprint density at radius 1 is 1.17 bits per heavy atom. The number of rotatable bonds is 6. The number of aromatic nitrogens is 2. The van der Waals surface area contributed by atoms with Gasteiger partial charge in [-0.1, -0.05) is 17.7 Å². The summed E-state index contributed by atoms with van der Waals surface area (Å²) < 4.78 is 6.82. The van der Waals surface area contributed by atoms with Gasteiger partial charge in [0.05, 0.1) is 27.7 Å². The third kappa shape index (κ3) is 4.99. The maximum absolute atomic E-state index is 12.2. The number of halogens is 1. The predicted molar refractivity (Wildman–Crippen MR) is 115 cm³/mol. The van der Waals surface area contributed by atoms with Crippen molar-refractivity contribution in [3.05, 3.63) is 70.5 Å². The zero-order valence-electron chi connectivity index (χ0n) is 16.2. The number of nitrogens with zero attached hydrogens (tertiary/aromatic N) is 2. The van der Waals surface area contributed by atoms with Crippen LogP contribution in [0.2, 0.25) is 5.02 Å². The van der Waals surface area contributed by atoms with Gasteiger partial charge in [0.15, 0.2) is 6.61 Å². The molecule has 6 nitrogen and oxygen atoms in total. The van der Waals surface area contributed by atoms with Crippen molar-refractivity contribution >= 4 is 40.9 Å². The molecular weight excluding hydrogens is 410 g/mol. The molecule has 0 atom stereocenters. The number of amides is 1. The lowest BCUT2D eigenvalue weighted by Crippen LogP contribution is -2.21. The number of hydrogen-bond donors (Lipinski definition) is 1. The first-order chi connectivity index (χ1) is 13.9. The molecule has 1 aromatic heterocycles. The van der Waals surface area contributed by atoms with Crippen LogP contribution in [0.4, 0.5) is 5.69 Å². The van der Waals surface area contributed by atoms with E-state index in [9.17, 15) is 9.59 Å². The standard InChI is InChI=1S/C21H20ClN3O3S/c1-13-20(22)14(2)25(24-13)17-9-7-15(8-10-17)21(27)28-12-19(26)23-16-5-4-6-18(11-16)29-3/h4-11H,12H2,1-3H3,(H,23,26). The van der Waals surface area contributed by atoms with Gasteiger partial charge < -0.3 is 10.1 Å². The Kier molecular flexibility index (Phi) is 6.61. The van der Waals surface area contributed by atoms with Crippen molar-refractivity contribution in [2.75, 3.05) is 18.2 Å². The summed E-state index contributed by atoms with van der Waals surface area (Å²) >= 11 is 7.76. The summed E-state index contributed by atoms with van der Waals surface area (Å²) in [6, 6.07) is 14.2. The largest absolute Gasteiger partial charge is 0.452 e. The predicted octanol–water partition coefficient (Wildman–Crippen LogP) is 4.66. The number of benzene rings is 2. The van der Waals surface area contributed by atoms with Crippen LogP contribution in [-0.4, -0.2) is 34.5 Å². The van der Waals surface area contributed by atoms with E-state index in [2.05, 4.69) is 10.4 Å². The van der Waals surface area contributed by atoms with Crippen LogP contribution in [0.1, 0.15) is 21.7 Å². The van der Waals surface area contributed by atoms with Crippen molar-refractivity contribution in [3.8, 4) is 5.69 Å². The minimum absolute atomic E-state index is 0.346. The lowest BCUT2D eigenvalue weighted by atomic mass is 10.2. The Balaban J connectivity index is 1.59. The summed E-state index contributed by atoms with van der Waals surface area (Å²) in [5, 5.41) is 7.71. The normalized spacial score (nSPS) is 10.6. The highest BCUT2D eigenvalue weighted by Gasteiger charge is 2.13. The highest BCUT2D eigenvalue weighted by atomic mass is 35.5. The first-order valence-electron chi connectivity index (χ1n) is 8.82. The second kappa shape index (κ2) is 9.15. The Hall–Kier alpha value is -2.77. The third-order valence-corrected chi connectivity index (χ3v) is 5.51. The molecule has 0 aliphatic carbocycles. The minimum Gasteiger partial charge on any atom is -0.452 e. The molecule has 0 saturated heterocycles. The van der Waals surface area contributed by atoms with Gasteiger partial charge in [-0.3, -0.25) is 4.79 Å². The molecule has 0 fully saturated rings. The Labute approximate surface area is 178 Å². The number of nitrogens with one attached hydrogen (secondary N) is 1. The molecule has 1 heterocycles. The van der Waals surface area contributed by atoms with Crippen LogP contribution in [0, 0.1) is 13.8 Å². The SMILES string of the molecule is CSc1cccc(NC(=O)COC(=O)c2ccc(-n3nc(C)c(Cl)c3C)cc2)c1. The highest BCUT2D eigenvalue weighted by Crippen LogP contribution is 2.22. The second-order valence-electron chi connectivity index (χ2n) is 6.30. The van der Waals surface area contributed by atoms with Crippen LogP contribution >= 0.6 is 23.4 Å². The molecule has 1 N–H and O–H groups in total. The summed E-state index contributed by atoms with van der Waals surface area (Å²) in [6.45, 7) is 3.34. The van der Waals surface area contributed by atoms with Crippen LogP contribution in [0.3, 0.4) is 0 Å². The van der Waals surface area contributed by atoms with Gasteiger partial charge in [0, 0.05) is 10.6 Å². The average molecular weight is 430 g/mol. The molecule has 3 aromatic rings. The van der Waals surface area contributed by atoms with Crippen LogP contribution in [-0.2, 0) is 9.53 Å². The molecule has 150 valence electrons. The maximum atomic E-state index is 12.2. The molecule has 0 saturated carbocycles. The van der Waals surface area contributed by atoms with Crippen LogP contribution in [0.5, 0.6) is 0 Å². The van der Waals surface area contributed by atoms with Crippen molar-refractivity contribution in [3.63, 3.8) is 0 Å². The molecule has 29 heavy (non-hydrogen) atoms. The molecule has 0 unspecified atom stereocenters. The molecule has 0 bridgehead atoms. The number of thioether (sulfide) groups is 1. The van der Waals surface area contributed by atoms with Crippen LogP contribution in [0.15, 0.2) is 53.4 Å². The smallest absolute Gasteiger partial charge is 0.338 e. The quantitative estimate of drug-likeness (QED) is 0.455. The fourth-order valence-corrected chi connectivity index (χ4v) is 3.30. The zero-order chi connectivity index (χ0) is 21.0. The number of anilines is 1. The first kappa shape index (κ1) is 21.0. The van der Waals surface area contributed by atoms with Gasteiger partial charge in [0.2, 0.25) is 0 Å². The first-order valence-corrected chi connectivity index (χ1v) is 10.4. The van der Waals surface area contributed by atoms with E-state index in [1.807, 2.05) is 38.3 Å².